The van der Waals surface area contributed by atoms with Crippen LogP contribution in [0.5, 0.6) is 0 Å². The molecule has 2 nitrogen and oxygen atoms in total. The summed E-state index contributed by atoms with van der Waals surface area (Å²) in [6.45, 7) is 9.93. The summed E-state index contributed by atoms with van der Waals surface area (Å²) in [5, 5.41) is 0. The molecule has 1 rings (SSSR count). The highest BCUT2D eigenvalue weighted by atomic mass is 16.5. The largest absolute Gasteiger partial charge is 0.379 e. The molecule has 0 aromatic heterocycles. The zero-order chi connectivity index (χ0) is 8.10. The van der Waals surface area contributed by atoms with Crippen molar-refractivity contribution < 1.29 is 4.74 Å². The van der Waals surface area contributed by atoms with Crippen LogP contribution < -0.4 is 0 Å². The second-order valence-corrected chi connectivity index (χ2v) is 3.64. The van der Waals surface area contributed by atoms with Crippen LogP contribution >= 0.6 is 0 Å². The minimum atomic E-state index is 0. The molecule has 0 atom stereocenters. The van der Waals surface area contributed by atoms with Gasteiger partial charge in [-0.25, -0.2) is 0 Å². The van der Waals surface area contributed by atoms with Gasteiger partial charge in [0.2, 0.25) is 0 Å². The minimum Gasteiger partial charge on any atom is -0.379 e. The topological polar surface area (TPSA) is 12.5 Å². The van der Waals surface area contributed by atoms with E-state index in [1.54, 1.807) is 0 Å². The first kappa shape index (κ1) is 11.9. The molecule has 12 heavy (non-hydrogen) atoms. The van der Waals surface area contributed by atoms with Crippen molar-refractivity contribution in [2.24, 2.45) is 5.92 Å². The third kappa shape index (κ3) is 4.73. The van der Waals surface area contributed by atoms with Gasteiger partial charge >= 0.3 is 0 Å². The van der Waals surface area contributed by atoms with E-state index >= 15 is 0 Å². The van der Waals surface area contributed by atoms with Crippen molar-refractivity contribution in [2.45, 2.75) is 27.7 Å². The first-order chi connectivity index (χ1) is 5.29. The van der Waals surface area contributed by atoms with E-state index in [-0.39, 0.29) is 7.43 Å². The molecule has 1 saturated heterocycles. The van der Waals surface area contributed by atoms with Gasteiger partial charge in [-0.15, -0.1) is 0 Å². The lowest BCUT2D eigenvalue weighted by Crippen LogP contribution is -2.37. The highest BCUT2D eigenvalue weighted by Gasteiger charge is 2.09. The summed E-state index contributed by atoms with van der Waals surface area (Å²) in [5.74, 6) is 0.831. The number of ether oxygens (including phenoxy) is 1. The second kappa shape index (κ2) is 6.44. The van der Waals surface area contributed by atoms with Gasteiger partial charge in [-0.2, -0.15) is 0 Å². The molecule has 1 fully saturated rings. The summed E-state index contributed by atoms with van der Waals surface area (Å²) in [6.07, 6.45) is 1.32. The van der Waals surface area contributed by atoms with E-state index in [1.165, 1.54) is 13.0 Å². The van der Waals surface area contributed by atoms with Gasteiger partial charge < -0.3 is 4.74 Å². The quantitative estimate of drug-likeness (QED) is 0.647. The van der Waals surface area contributed by atoms with Crippen LogP contribution in [0.4, 0.5) is 0 Å². The Labute approximate surface area is 76.9 Å². The van der Waals surface area contributed by atoms with Crippen LogP contribution in [-0.2, 0) is 4.74 Å². The van der Waals surface area contributed by atoms with E-state index in [2.05, 4.69) is 18.7 Å². The Hall–Kier alpha value is -0.0800. The van der Waals surface area contributed by atoms with Crippen LogP contribution in [0.3, 0.4) is 0 Å². The monoisotopic (exact) mass is 173 g/mol. The molecule has 0 radical (unpaired) electrons. The van der Waals surface area contributed by atoms with Crippen molar-refractivity contribution in [3.8, 4) is 0 Å². The molecular formula is C10H23NO. The fourth-order valence-corrected chi connectivity index (χ4v) is 1.27. The molecule has 0 spiro atoms. The Bertz CT molecular complexity index is 98.0. The molecule has 0 aromatic rings. The second-order valence-electron chi connectivity index (χ2n) is 3.64. The van der Waals surface area contributed by atoms with Crippen LogP contribution in [-0.4, -0.2) is 37.7 Å². The highest BCUT2D eigenvalue weighted by molar-refractivity contribution is 4.62. The van der Waals surface area contributed by atoms with Gasteiger partial charge in [-0.1, -0.05) is 21.3 Å². The Kier molecular flexibility index (Phi) is 6.39. The molecule has 0 aliphatic carbocycles. The maximum absolute atomic E-state index is 5.26. The van der Waals surface area contributed by atoms with Gasteiger partial charge in [0.05, 0.1) is 13.2 Å². The first-order valence-corrected chi connectivity index (χ1v) is 4.59. The van der Waals surface area contributed by atoms with Crippen molar-refractivity contribution in [2.75, 3.05) is 32.8 Å². The first-order valence-electron chi connectivity index (χ1n) is 4.59. The van der Waals surface area contributed by atoms with Gasteiger partial charge in [0.15, 0.2) is 0 Å². The van der Waals surface area contributed by atoms with Gasteiger partial charge in [-0.05, 0) is 18.9 Å². The molecule has 0 amide bonds. The number of hydrogen-bond donors (Lipinski definition) is 0. The number of hydrogen-bond acceptors (Lipinski definition) is 2. The highest BCUT2D eigenvalue weighted by Crippen LogP contribution is 2.03. The predicted octanol–water partition coefficient (Wildman–Crippen LogP) is 2.00. The van der Waals surface area contributed by atoms with Gasteiger partial charge in [-0.3, -0.25) is 4.90 Å². The average Bonchev–Trinajstić information content (AvgIpc) is 2.03. The maximum Gasteiger partial charge on any atom is 0.0594 e. The molecular weight excluding hydrogens is 150 g/mol. The summed E-state index contributed by atoms with van der Waals surface area (Å²) < 4.78 is 5.26. The summed E-state index contributed by atoms with van der Waals surface area (Å²) in [4.78, 5) is 2.49. The summed E-state index contributed by atoms with van der Waals surface area (Å²) in [5.41, 5.74) is 0. The lowest BCUT2D eigenvalue weighted by Gasteiger charge is -2.26. The summed E-state index contributed by atoms with van der Waals surface area (Å²) in [6, 6.07) is 0. The molecule has 1 aliphatic heterocycles. The van der Waals surface area contributed by atoms with E-state index in [0.717, 1.165) is 32.2 Å². The number of morpholine rings is 1. The Balaban J connectivity index is 0.00000121. The van der Waals surface area contributed by atoms with E-state index < -0.39 is 0 Å². The van der Waals surface area contributed by atoms with Crippen LogP contribution in [0.25, 0.3) is 0 Å². The van der Waals surface area contributed by atoms with Crippen molar-refractivity contribution in [3.05, 3.63) is 0 Å². The predicted molar refractivity (Wildman–Crippen MR) is 53.4 cm³/mol. The SMILES string of the molecule is C.CC(C)CCN1CCOCC1. The van der Waals surface area contributed by atoms with Crippen LogP contribution in [0.2, 0.25) is 0 Å². The van der Waals surface area contributed by atoms with Crippen LogP contribution in [0, 0.1) is 5.92 Å². The third-order valence-electron chi connectivity index (χ3n) is 2.13. The molecule has 1 heterocycles. The fraction of sp³-hybridized carbons (Fsp3) is 1.00. The third-order valence-corrected chi connectivity index (χ3v) is 2.13. The molecule has 0 aromatic carbocycles. The van der Waals surface area contributed by atoms with Crippen molar-refractivity contribution >= 4 is 0 Å². The average molecular weight is 173 g/mol. The molecule has 74 valence electrons. The van der Waals surface area contributed by atoms with Crippen molar-refractivity contribution in [3.63, 3.8) is 0 Å². The number of rotatable bonds is 3. The minimum absolute atomic E-state index is 0. The lowest BCUT2D eigenvalue weighted by molar-refractivity contribution is 0.0360. The molecule has 2 heteroatoms. The van der Waals surface area contributed by atoms with Crippen LogP contribution in [0.15, 0.2) is 0 Å². The lowest BCUT2D eigenvalue weighted by atomic mass is 10.1. The molecule has 0 N–H and O–H groups in total. The fourth-order valence-electron chi connectivity index (χ4n) is 1.27. The van der Waals surface area contributed by atoms with Crippen molar-refractivity contribution in [1.82, 2.24) is 4.90 Å². The van der Waals surface area contributed by atoms with Gasteiger partial charge in [0, 0.05) is 13.1 Å². The van der Waals surface area contributed by atoms with Gasteiger partial charge in [0.25, 0.3) is 0 Å². The number of nitrogens with zero attached hydrogens (tertiary/aromatic N) is 1. The Morgan fingerprint density at radius 3 is 2.33 bits per heavy atom. The summed E-state index contributed by atoms with van der Waals surface area (Å²) in [7, 11) is 0. The Morgan fingerprint density at radius 2 is 1.83 bits per heavy atom. The normalized spacial score (nSPS) is 19.2. The molecule has 0 bridgehead atoms. The molecule has 0 saturated carbocycles. The zero-order valence-electron chi connectivity index (χ0n) is 7.68. The van der Waals surface area contributed by atoms with Crippen LogP contribution in [0.1, 0.15) is 27.7 Å². The van der Waals surface area contributed by atoms with Gasteiger partial charge in [0.1, 0.15) is 0 Å². The molecule has 1 aliphatic rings. The van der Waals surface area contributed by atoms with E-state index in [4.69, 9.17) is 4.74 Å². The zero-order valence-corrected chi connectivity index (χ0v) is 7.68. The van der Waals surface area contributed by atoms with Crippen molar-refractivity contribution in [1.29, 1.82) is 0 Å². The smallest absolute Gasteiger partial charge is 0.0594 e. The van der Waals surface area contributed by atoms with E-state index in [9.17, 15) is 0 Å². The van der Waals surface area contributed by atoms with E-state index in [0.29, 0.717) is 0 Å². The maximum atomic E-state index is 5.26. The van der Waals surface area contributed by atoms with E-state index in [1.807, 2.05) is 0 Å². The standard InChI is InChI=1S/C9H19NO.CH4/c1-9(2)3-4-10-5-7-11-8-6-10;/h9H,3-8H2,1-2H3;1H4. The Morgan fingerprint density at radius 1 is 1.25 bits per heavy atom. The molecule has 0 unspecified atom stereocenters. The summed E-state index contributed by atoms with van der Waals surface area (Å²) >= 11 is 0.